The lowest BCUT2D eigenvalue weighted by Crippen LogP contribution is -2.33. The van der Waals surface area contributed by atoms with E-state index in [4.69, 9.17) is 10.4 Å². The number of amides is 1. The molecule has 0 spiro atoms. The molecule has 0 aliphatic rings. The number of hydrogen-bond donors (Lipinski definition) is 1. The van der Waals surface area contributed by atoms with Crippen molar-refractivity contribution in [2.75, 3.05) is 11.4 Å². The van der Waals surface area contributed by atoms with Crippen molar-refractivity contribution in [2.45, 2.75) is 19.8 Å². The summed E-state index contributed by atoms with van der Waals surface area (Å²) >= 11 is 0. The Balaban J connectivity index is 3.06. The molecule has 0 bridgehead atoms. The summed E-state index contributed by atoms with van der Waals surface area (Å²) in [5, 5.41) is 17.7. The predicted molar refractivity (Wildman–Crippen MR) is 66.1 cm³/mol. The molecule has 1 N–H and O–H groups in total. The number of carbonyl (C=O) groups excluding carboxylic acids is 1. The maximum atomic E-state index is 11.8. The second kappa shape index (κ2) is 6.40. The van der Waals surface area contributed by atoms with Gasteiger partial charge < -0.3 is 10.0 Å². The third-order valence-electron chi connectivity index (χ3n) is 2.47. The molecule has 1 aromatic carbocycles. The van der Waals surface area contributed by atoms with Gasteiger partial charge in [-0.3, -0.25) is 9.59 Å². The number of benzene rings is 1. The molecular formula is C13H14N2O3. The van der Waals surface area contributed by atoms with E-state index in [1.807, 2.05) is 6.07 Å². The Morgan fingerprint density at radius 1 is 1.39 bits per heavy atom. The first-order valence-corrected chi connectivity index (χ1v) is 5.61. The topological polar surface area (TPSA) is 81.4 Å². The van der Waals surface area contributed by atoms with E-state index in [1.54, 1.807) is 31.2 Å². The van der Waals surface area contributed by atoms with E-state index in [9.17, 15) is 9.59 Å². The number of nitrogens with zero attached hydrogens (tertiary/aromatic N) is 2. The van der Waals surface area contributed by atoms with Crippen LogP contribution in [0.4, 0.5) is 5.69 Å². The van der Waals surface area contributed by atoms with Crippen molar-refractivity contribution < 1.29 is 14.7 Å². The number of carboxylic acids is 1. The summed E-state index contributed by atoms with van der Waals surface area (Å²) in [4.78, 5) is 23.8. The fourth-order valence-electron chi connectivity index (χ4n) is 1.58. The molecule has 0 saturated carbocycles. The molecule has 5 heteroatoms. The average molecular weight is 246 g/mol. The van der Waals surface area contributed by atoms with Crippen LogP contribution in [0.3, 0.4) is 0 Å². The predicted octanol–water partition coefficient (Wildman–Crippen LogP) is 1.78. The normalized spacial score (nSPS) is 9.56. The van der Waals surface area contributed by atoms with Crippen LogP contribution in [0.5, 0.6) is 0 Å². The second-order valence-electron chi connectivity index (χ2n) is 3.67. The molecule has 0 radical (unpaired) electrons. The standard InChI is InChI=1S/C13H14N2O3/c1-2-12(16)15(8-7-13(17)18)11-6-4-3-5-10(11)9-14/h3-6H,2,7-8H2,1H3,(H,17,18). The van der Waals surface area contributed by atoms with Crippen molar-refractivity contribution in [2.24, 2.45) is 0 Å². The van der Waals surface area contributed by atoms with E-state index >= 15 is 0 Å². The maximum absolute atomic E-state index is 11.8. The Morgan fingerprint density at radius 2 is 2.06 bits per heavy atom. The summed E-state index contributed by atoms with van der Waals surface area (Å²) in [6, 6.07) is 8.67. The van der Waals surface area contributed by atoms with Crippen molar-refractivity contribution in [1.82, 2.24) is 0 Å². The second-order valence-corrected chi connectivity index (χ2v) is 3.67. The van der Waals surface area contributed by atoms with Crippen molar-refractivity contribution >= 4 is 17.6 Å². The third kappa shape index (κ3) is 3.32. The molecule has 94 valence electrons. The Hall–Kier alpha value is -2.35. The number of aliphatic carboxylic acids is 1. The number of anilines is 1. The van der Waals surface area contributed by atoms with Gasteiger partial charge in [-0.25, -0.2) is 0 Å². The van der Waals surface area contributed by atoms with E-state index in [-0.39, 0.29) is 25.3 Å². The zero-order chi connectivity index (χ0) is 13.5. The van der Waals surface area contributed by atoms with Gasteiger partial charge in [-0.05, 0) is 12.1 Å². The van der Waals surface area contributed by atoms with Gasteiger partial charge in [0.15, 0.2) is 0 Å². The van der Waals surface area contributed by atoms with Gasteiger partial charge in [-0.2, -0.15) is 5.26 Å². The molecule has 0 heterocycles. The van der Waals surface area contributed by atoms with Gasteiger partial charge in [0.2, 0.25) is 5.91 Å². The third-order valence-corrected chi connectivity index (χ3v) is 2.47. The zero-order valence-electron chi connectivity index (χ0n) is 10.1. The number of para-hydroxylation sites is 1. The lowest BCUT2D eigenvalue weighted by molar-refractivity contribution is -0.136. The average Bonchev–Trinajstić information content (AvgIpc) is 2.38. The van der Waals surface area contributed by atoms with E-state index in [2.05, 4.69) is 0 Å². The van der Waals surface area contributed by atoms with Gasteiger partial charge in [0.1, 0.15) is 6.07 Å². The highest BCUT2D eigenvalue weighted by molar-refractivity contribution is 5.94. The summed E-state index contributed by atoms with van der Waals surface area (Å²) in [7, 11) is 0. The number of nitriles is 1. The maximum Gasteiger partial charge on any atom is 0.305 e. The summed E-state index contributed by atoms with van der Waals surface area (Å²) in [6.07, 6.45) is 0.116. The van der Waals surface area contributed by atoms with E-state index in [0.29, 0.717) is 11.3 Å². The highest BCUT2D eigenvalue weighted by Crippen LogP contribution is 2.20. The first-order valence-electron chi connectivity index (χ1n) is 5.61. The van der Waals surface area contributed by atoms with Gasteiger partial charge in [0.25, 0.3) is 0 Å². The van der Waals surface area contributed by atoms with Crippen molar-refractivity contribution in [3.63, 3.8) is 0 Å². The molecule has 0 saturated heterocycles. The molecule has 0 unspecified atom stereocenters. The molecule has 0 fully saturated rings. The Labute approximate surface area is 105 Å². The summed E-state index contributed by atoms with van der Waals surface area (Å²) in [5.41, 5.74) is 0.831. The van der Waals surface area contributed by atoms with Crippen LogP contribution in [-0.2, 0) is 9.59 Å². The van der Waals surface area contributed by atoms with E-state index < -0.39 is 5.97 Å². The van der Waals surface area contributed by atoms with E-state index in [0.717, 1.165) is 0 Å². The summed E-state index contributed by atoms with van der Waals surface area (Å²) < 4.78 is 0. The molecular weight excluding hydrogens is 232 g/mol. The SMILES string of the molecule is CCC(=O)N(CCC(=O)O)c1ccccc1C#N. The molecule has 1 aromatic rings. The molecule has 0 aromatic heterocycles. The van der Waals surface area contributed by atoms with Crippen LogP contribution in [0.2, 0.25) is 0 Å². The number of carboxylic acid groups (broad SMARTS) is 1. The van der Waals surface area contributed by atoms with Crippen LogP contribution in [-0.4, -0.2) is 23.5 Å². The smallest absolute Gasteiger partial charge is 0.305 e. The first-order chi connectivity index (χ1) is 8.60. The molecule has 1 rings (SSSR count). The van der Waals surface area contributed by atoms with Gasteiger partial charge in [0, 0.05) is 13.0 Å². The minimum atomic E-state index is -0.974. The van der Waals surface area contributed by atoms with Crippen LogP contribution < -0.4 is 4.90 Å². The Bertz CT molecular complexity index is 491. The Kier molecular flexibility index (Phi) is 4.88. The fourth-order valence-corrected chi connectivity index (χ4v) is 1.58. The number of hydrogen-bond acceptors (Lipinski definition) is 3. The molecule has 0 aliphatic carbocycles. The van der Waals surface area contributed by atoms with Crippen LogP contribution in [0.1, 0.15) is 25.3 Å². The quantitative estimate of drug-likeness (QED) is 0.858. The highest BCUT2D eigenvalue weighted by atomic mass is 16.4. The fraction of sp³-hybridized carbons (Fsp3) is 0.308. The molecule has 1 amide bonds. The van der Waals surface area contributed by atoms with Crippen LogP contribution >= 0.6 is 0 Å². The Morgan fingerprint density at radius 3 is 2.61 bits per heavy atom. The highest BCUT2D eigenvalue weighted by Gasteiger charge is 2.17. The van der Waals surface area contributed by atoms with Crippen LogP contribution in [0, 0.1) is 11.3 Å². The van der Waals surface area contributed by atoms with E-state index in [1.165, 1.54) is 4.90 Å². The zero-order valence-corrected chi connectivity index (χ0v) is 10.1. The summed E-state index contributed by atoms with van der Waals surface area (Å²) in [6.45, 7) is 1.77. The van der Waals surface area contributed by atoms with Gasteiger partial charge in [0.05, 0.1) is 17.7 Å². The van der Waals surface area contributed by atoms with Crippen LogP contribution in [0.15, 0.2) is 24.3 Å². The molecule has 0 atom stereocenters. The molecule has 0 aliphatic heterocycles. The lowest BCUT2D eigenvalue weighted by atomic mass is 10.1. The minimum absolute atomic E-state index is 0.0701. The van der Waals surface area contributed by atoms with Crippen molar-refractivity contribution in [3.8, 4) is 6.07 Å². The van der Waals surface area contributed by atoms with Gasteiger partial charge >= 0.3 is 5.97 Å². The van der Waals surface area contributed by atoms with Crippen LogP contribution in [0.25, 0.3) is 0 Å². The lowest BCUT2D eigenvalue weighted by Gasteiger charge is -2.22. The van der Waals surface area contributed by atoms with Crippen molar-refractivity contribution in [3.05, 3.63) is 29.8 Å². The largest absolute Gasteiger partial charge is 0.481 e. The minimum Gasteiger partial charge on any atom is -0.481 e. The molecule has 18 heavy (non-hydrogen) atoms. The molecule has 5 nitrogen and oxygen atoms in total. The van der Waals surface area contributed by atoms with Crippen molar-refractivity contribution in [1.29, 1.82) is 5.26 Å². The first kappa shape index (κ1) is 13.7. The number of rotatable bonds is 5. The summed E-state index contributed by atoms with van der Waals surface area (Å²) in [5.74, 6) is -1.17. The van der Waals surface area contributed by atoms with Gasteiger partial charge in [-0.15, -0.1) is 0 Å². The van der Waals surface area contributed by atoms with Gasteiger partial charge in [-0.1, -0.05) is 19.1 Å². The monoisotopic (exact) mass is 246 g/mol. The number of carbonyl (C=O) groups is 2.